The lowest BCUT2D eigenvalue weighted by atomic mass is 9.78. The third kappa shape index (κ3) is 5.25. The molecule has 0 heterocycles. The molecule has 0 spiro atoms. The fourth-order valence-electron chi connectivity index (χ4n) is 3.61. The summed E-state index contributed by atoms with van der Waals surface area (Å²) in [5.74, 6) is 0.246. The van der Waals surface area contributed by atoms with E-state index in [2.05, 4.69) is 12.2 Å². The van der Waals surface area contributed by atoms with Crippen molar-refractivity contribution in [3.05, 3.63) is 23.8 Å². The first-order valence-electron chi connectivity index (χ1n) is 10.2. The molecule has 6 heteroatoms. The zero-order valence-electron chi connectivity index (χ0n) is 17.7. The van der Waals surface area contributed by atoms with E-state index in [0.717, 1.165) is 19.3 Å². The second-order valence-corrected chi connectivity index (χ2v) is 7.62. The molecule has 0 unspecified atom stereocenters. The molecular formula is C22H33NO5. The Bertz CT molecular complexity index is 690. The Labute approximate surface area is 167 Å². The van der Waals surface area contributed by atoms with Crippen molar-refractivity contribution >= 4 is 17.6 Å². The number of hydrogen-bond acceptors (Lipinski definition) is 5. The van der Waals surface area contributed by atoms with Crippen LogP contribution in [0.15, 0.2) is 18.2 Å². The van der Waals surface area contributed by atoms with Gasteiger partial charge in [0.2, 0.25) is 0 Å². The van der Waals surface area contributed by atoms with Crippen LogP contribution in [-0.4, -0.2) is 37.3 Å². The van der Waals surface area contributed by atoms with E-state index in [1.165, 1.54) is 0 Å². The Hall–Kier alpha value is -2.08. The summed E-state index contributed by atoms with van der Waals surface area (Å²) in [7, 11) is 1.59. The van der Waals surface area contributed by atoms with Gasteiger partial charge >= 0.3 is 5.97 Å². The number of methoxy groups -OCH3 is 1. The van der Waals surface area contributed by atoms with Crippen molar-refractivity contribution in [2.24, 2.45) is 5.92 Å². The van der Waals surface area contributed by atoms with Crippen molar-refractivity contribution in [1.29, 1.82) is 0 Å². The number of anilines is 1. The van der Waals surface area contributed by atoms with Crippen LogP contribution in [0.25, 0.3) is 0 Å². The molecule has 28 heavy (non-hydrogen) atoms. The molecule has 2 rings (SSSR count). The largest absolute Gasteiger partial charge is 0.490 e. The second kappa shape index (κ2) is 9.92. The summed E-state index contributed by atoms with van der Waals surface area (Å²) >= 11 is 0. The first-order chi connectivity index (χ1) is 13.3. The molecular weight excluding hydrogens is 358 g/mol. The van der Waals surface area contributed by atoms with E-state index >= 15 is 0 Å². The van der Waals surface area contributed by atoms with Crippen molar-refractivity contribution in [2.45, 2.75) is 71.5 Å². The SMILES string of the molecule is CCOC(=O)c1cc(NC(=O)[C@]2(OC)CCC[C@@H](C)C2)ccc1O[C@@H](C)CC. The van der Waals surface area contributed by atoms with Crippen LogP contribution in [0.1, 0.15) is 70.2 Å². The molecule has 1 N–H and O–H groups in total. The monoisotopic (exact) mass is 391 g/mol. The molecule has 0 aliphatic heterocycles. The van der Waals surface area contributed by atoms with E-state index in [1.807, 2.05) is 13.8 Å². The van der Waals surface area contributed by atoms with Crippen molar-refractivity contribution < 1.29 is 23.8 Å². The summed E-state index contributed by atoms with van der Waals surface area (Å²) in [5.41, 5.74) is 0.0100. The molecule has 1 aliphatic carbocycles. The predicted octanol–water partition coefficient (Wildman–Crippen LogP) is 4.57. The van der Waals surface area contributed by atoms with Gasteiger partial charge in [-0.05, 0) is 63.6 Å². The van der Waals surface area contributed by atoms with Gasteiger partial charge in [0.05, 0.1) is 12.7 Å². The summed E-state index contributed by atoms with van der Waals surface area (Å²) in [6.45, 7) is 8.12. The van der Waals surface area contributed by atoms with Gasteiger partial charge < -0.3 is 19.5 Å². The molecule has 6 nitrogen and oxygen atoms in total. The van der Waals surface area contributed by atoms with Gasteiger partial charge in [0.1, 0.15) is 16.9 Å². The van der Waals surface area contributed by atoms with Gasteiger partial charge in [-0.3, -0.25) is 4.79 Å². The number of carbonyl (C=O) groups excluding carboxylic acids is 2. The van der Waals surface area contributed by atoms with E-state index in [-0.39, 0.29) is 18.6 Å². The van der Waals surface area contributed by atoms with Crippen LogP contribution in [0.5, 0.6) is 5.75 Å². The molecule has 156 valence electrons. The Balaban J connectivity index is 2.26. The molecule has 0 aromatic heterocycles. The van der Waals surface area contributed by atoms with Crippen molar-refractivity contribution in [3.8, 4) is 5.75 Å². The highest BCUT2D eigenvalue weighted by Crippen LogP contribution is 2.36. The second-order valence-electron chi connectivity index (χ2n) is 7.62. The lowest BCUT2D eigenvalue weighted by Gasteiger charge is -2.37. The van der Waals surface area contributed by atoms with Gasteiger partial charge in [-0.1, -0.05) is 20.3 Å². The number of carbonyl (C=O) groups is 2. The molecule has 1 aromatic rings. The highest BCUT2D eigenvalue weighted by atomic mass is 16.5. The first-order valence-corrected chi connectivity index (χ1v) is 10.2. The van der Waals surface area contributed by atoms with Crippen LogP contribution >= 0.6 is 0 Å². The van der Waals surface area contributed by atoms with E-state index in [0.29, 0.717) is 35.8 Å². The quantitative estimate of drug-likeness (QED) is 0.657. The van der Waals surface area contributed by atoms with Crippen LogP contribution in [0.4, 0.5) is 5.69 Å². The predicted molar refractivity (Wildman–Crippen MR) is 109 cm³/mol. The summed E-state index contributed by atoms with van der Waals surface area (Å²) in [4.78, 5) is 25.4. The maximum atomic E-state index is 13.0. The number of ether oxygens (including phenoxy) is 3. The van der Waals surface area contributed by atoms with Crippen LogP contribution in [0.3, 0.4) is 0 Å². The van der Waals surface area contributed by atoms with Crippen molar-refractivity contribution in [2.75, 3.05) is 19.0 Å². The molecule has 1 aliphatic rings. The number of benzene rings is 1. The minimum atomic E-state index is -0.826. The smallest absolute Gasteiger partial charge is 0.341 e. The molecule has 1 aromatic carbocycles. The molecule has 0 radical (unpaired) electrons. The molecule has 0 bridgehead atoms. The maximum Gasteiger partial charge on any atom is 0.341 e. The Morgan fingerprint density at radius 3 is 2.68 bits per heavy atom. The fraction of sp³-hybridized carbons (Fsp3) is 0.636. The van der Waals surface area contributed by atoms with Crippen LogP contribution < -0.4 is 10.1 Å². The Morgan fingerprint density at radius 1 is 1.32 bits per heavy atom. The van der Waals surface area contributed by atoms with Gasteiger partial charge in [-0.15, -0.1) is 0 Å². The lowest BCUT2D eigenvalue weighted by Crippen LogP contribution is -2.47. The van der Waals surface area contributed by atoms with E-state index in [1.54, 1.807) is 32.2 Å². The molecule has 1 amide bonds. The lowest BCUT2D eigenvalue weighted by molar-refractivity contribution is -0.143. The topological polar surface area (TPSA) is 73.9 Å². The minimum Gasteiger partial charge on any atom is -0.490 e. The highest BCUT2D eigenvalue weighted by molar-refractivity contribution is 5.99. The fourth-order valence-corrected chi connectivity index (χ4v) is 3.61. The standard InChI is InChI=1S/C22H33NO5/c1-6-16(4)28-19-11-10-17(13-18(19)20(24)27-7-2)23-21(25)22(26-5)12-8-9-15(3)14-22/h10-11,13,15-16H,6-9,12,14H2,1-5H3,(H,23,25)/t15-,16+,22+/m1/s1. The van der Waals surface area contributed by atoms with Gasteiger partial charge in [-0.2, -0.15) is 0 Å². The van der Waals surface area contributed by atoms with Crippen molar-refractivity contribution in [3.63, 3.8) is 0 Å². The third-order valence-electron chi connectivity index (χ3n) is 5.40. The average Bonchev–Trinajstić information content (AvgIpc) is 2.68. The van der Waals surface area contributed by atoms with E-state index in [4.69, 9.17) is 14.2 Å². The highest BCUT2D eigenvalue weighted by Gasteiger charge is 2.42. The van der Waals surface area contributed by atoms with Gasteiger partial charge in [0, 0.05) is 12.8 Å². The van der Waals surface area contributed by atoms with Crippen LogP contribution in [0, 0.1) is 5.92 Å². The summed E-state index contributed by atoms with van der Waals surface area (Å²) in [6, 6.07) is 5.06. The average molecular weight is 392 g/mol. The summed E-state index contributed by atoms with van der Waals surface area (Å²) < 4.78 is 16.7. The van der Waals surface area contributed by atoms with Gasteiger partial charge in [0.15, 0.2) is 0 Å². The summed E-state index contributed by atoms with van der Waals surface area (Å²) in [5, 5.41) is 2.93. The normalized spacial score (nSPS) is 23.0. The molecule has 0 saturated heterocycles. The van der Waals surface area contributed by atoms with Crippen LogP contribution in [0.2, 0.25) is 0 Å². The number of nitrogens with one attached hydrogen (secondary N) is 1. The van der Waals surface area contributed by atoms with Gasteiger partial charge in [-0.25, -0.2) is 4.79 Å². The van der Waals surface area contributed by atoms with Crippen LogP contribution in [-0.2, 0) is 14.3 Å². The Kier molecular flexibility index (Phi) is 7.87. The van der Waals surface area contributed by atoms with E-state index in [9.17, 15) is 9.59 Å². The zero-order chi connectivity index (χ0) is 20.7. The molecule has 1 saturated carbocycles. The minimum absolute atomic E-state index is 0.0332. The first kappa shape index (κ1) is 22.2. The molecule has 3 atom stereocenters. The maximum absolute atomic E-state index is 13.0. The molecule has 1 fully saturated rings. The van der Waals surface area contributed by atoms with E-state index < -0.39 is 11.6 Å². The Morgan fingerprint density at radius 2 is 2.07 bits per heavy atom. The zero-order valence-corrected chi connectivity index (χ0v) is 17.7. The van der Waals surface area contributed by atoms with Gasteiger partial charge in [0.25, 0.3) is 5.91 Å². The number of amides is 1. The number of esters is 1. The number of rotatable bonds is 8. The summed E-state index contributed by atoms with van der Waals surface area (Å²) in [6.07, 6.45) is 4.23. The third-order valence-corrected chi connectivity index (χ3v) is 5.40. The van der Waals surface area contributed by atoms with Crippen molar-refractivity contribution in [1.82, 2.24) is 0 Å². The number of hydrogen-bond donors (Lipinski definition) is 1.